The van der Waals surface area contributed by atoms with Crippen molar-refractivity contribution >= 4 is 17.0 Å². The molecule has 2 heterocycles. The number of nitrogens with one attached hydrogen (secondary N) is 2. The monoisotopic (exact) mass is 207 g/mol. The lowest BCUT2D eigenvalue weighted by atomic mass is 10.4. The molecule has 2 rings (SSSR count). The number of fused-ring (bicyclic) bond motifs is 1. The summed E-state index contributed by atoms with van der Waals surface area (Å²) in [7, 11) is 1.67. The molecule has 0 aliphatic rings. The fourth-order valence-electron chi connectivity index (χ4n) is 1.42. The van der Waals surface area contributed by atoms with Crippen LogP contribution in [0.3, 0.4) is 0 Å². The molecule has 0 saturated carbocycles. The van der Waals surface area contributed by atoms with Gasteiger partial charge in [0, 0.05) is 13.1 Å². The topological polar surface area (TPSA) is 75.6 Å². The maximum atomic E-state index is 11.4. The quantitative estimate of drug-likeness (QED) is 0.750. The second-order valence-electron chi connectivity index (χ2n) is 3.71. The summed E-state index contributed by atoms with van der Waals surface area (Å²) < 4.78 is 1.46. The molecule has 0 bridgehead atoms. The maximum Gasteiger partial charge on any atom is 0.327 e. The zero-order valence-electron chi connectivity index (χ0n) is 8.90. The SMILES string of the molecule is CC(C)Nc1ncnc2c1[nH]c(=O)n2C. The Kier molecular flexibility index (Phi) is 2.18. The minimum Gasteiger partial charge on any atom is -0.366 e. The Labute approximate surface area is 86.4 Å². The third-order valence-corrected chi connectivity index (χ3v) is 2.11. The predicted octanol–water partition coefficient (Wildman–Crippen LogP) is 0.477. The largest absolute Gasteiger partial charge is 0.366 e. The molecule has 0 aliphatic carbocycles. The first kappa shape index (κ1) is 9.70. The molecule has 0 atom stereocenters. The van der Waals surface area contributed by atoms with E-state index in [0.717, 1.165) is 0 Å². The van der Waals surface area contributed by atoms with E-state index >= 15 is 0 Å². The number of aryl methyl sites for hydroxylation is 1. The molecular formula is C9H13N5O. The molecule has 0 aliphatic heterocycles. The van der Waals surface area contributed by atoms with Crippen LogP contribution in [0.1, 0.15) is 13.8 Å². The molecule has 2 aromatic heterocycles. The predicted molar refractivity (Wildman–Crippen MR) is 57.9 cm³/mol. The van der Waals surface area contributed by atoms with E-state index in [-0.39, 0.29) is 11.7 Å². The summed E-state index contributed by atoms with van der Waals surface area (Å²) in [5.74, 6) is 0.660. The van der Waals surface area contributed by atoms with Gasteiger partial charge in [-0.05, 0) is 13.8 Å². The molecule has 0 spiro atoms. The number of H-pyrrole nitrogens is 1. The number of aromatic nitrogens is 4. The van der Waals surface area contributed by atoms with Crippen LogP contribution in [0.2, 0.25) is 0 Å². The standard InChI is InChI=1S/C9H13N5O/c1-5(2)12-7-6-8(11-4-10-7)14(3)9(15)13-6/h4-5H,1-3H3,(H,13,15)(H,10,11,12). The van der Waals surface area contributed by atoms with Crippen molar-refractivity contribution in [3.63, 3.8) is 0 Å². The summed E-state index contributed by atoms with van der Waals surface area (Å²) >= 11 is 0. The van der Waals surface area contributed by atoms with Crippen molar-refractivity contribution in [3.8, 4) is 0 Å². The van der Waals surface area contributed by atoms with E-state index in [4.69, 9.17) is 0 Å². The minimum atomic E-state index is -0.183. The zero-order valence-corrected chi connectivity index (χ0v) is 8.90. The summed E-state index contributed by atoms with van der Waals surface area (Å²) in [6.45, 7) is 4.02. The number of hydrogen-bond donors (Lipinski definition) is 2. The van der Waals surface area contributed by atoms with E-state index in [0.29, 0.717) is 17.0 Å². The van der Waals surface area contributed by atoms with Crippen LogP contribution in [0, 0.1) is 0 Å². The Bertz CT molecular complexity index is 539. The third-order valence-electron chi connectivity index (χ3n) is 2.11. The lowest BCUT2D eigenvalue weighted by molar-refractivity contribution is 0.875. The fraction of sp³-hybridized carbons (Fsp3) is 0.444. The number of aromatic amines is 1. The second-order valence-corrected chi connectivity index (χ2v) is 3.71. The van der Waals surface area contributed by atoms with Crippen LogP contribution in [0.25, 0.3) is 11.2 Å². The van der Waals surface area contributed by atoms with Gasteiger partial charge in [-0.3, -0.25) is 4.57 Å². The van der Waals surface area contributed by atoms with Gasteiger partial charge in [-0.15, -0.1) is 0 Å². The summed E-state index contributed by atoms with van der Waals surface area (Å²) in [5, 5.41) is 3.15. The summed E-state index contributed by atoms with van der Waals surface area (Å²) in [5.41, 5.74) is 1.08. The van der Waals surface area contributed by atoms with Crippen LogP contribution in [0.4, 0.5) is 5.82 Å². The van der Waals surface area contributed by atoms with Gasteiger partial charge in [0.05, 0.1) is 0 Å². The van der Waals surface area contributed by atoms with Crippen LogP contribution in [0.15, 0.2) is 11.1 Å². The first-order chi connectivity index (χ1) is 7.09. The van der Waals surface area contributed by atoms with Crippen molar-refractivity contribution in [2.24, 2.45) is 7.05 Å². The maximum absolute atomic E-state index is 11.4. The van der Waals surface area contributed by atoms with Crippen LogP contribution in [0.5, 0.6) is 0 Å². The number of imidazole rings is 1. The lowest BCUT2D eigenvalue weighted by Gasteiger charge is -2.08. The molecule has 80 valence electrons. The lowest BCUT2D eigenvalue weighted by Crippen LogP contribution is -2.12. The number of anilines is 1. The van der Waals surface area contributed by atoms with Crippen molar-refractivity contribution in [2.75, 3.05) is 5.32 Å². The number of rotatable bonds is 2. The number of hydrogen-bond acceptors (Lipinski definition) is 4. The molecular weight excluding hydrogens is 194 g/mol. The highest BCUT2D eigenvalue weighted by Crippen LogP contribution is 2.14. The molecule has 0 aromatic carbocycles. The summed E-state index contributed by atoms with van der Waals surface area (Å²) in [6.07, 6.45) is 1.44. The molecule has 0 saturated heterocycles. The van der Waals surface area contributed by atoms with Crippen LogP contribution in [-0.4, -0.2) is 25.6 Å². The third kappa shape index (κ3) is 1.58. The second kappa shape index (κ2) is 3.38. The van der Waals surface area contributed by atoms with Gasteiger partial charge in [0.15, 0.2) is 11.5 Å². The average Bonchev–Trinajstić information content (AvgIpc) is 2.45. The van der Waals surface area contributed by atoms with Gasteiger partial charge < -0.3 is 10.3 Å². The molecule has 6 nitrogen and oxygen atoms in total. The fourth-order valence-corrected chi connectivity index (χ4v) is 1.42. The van der Waals surface area contributed by atoms with Crippen molar-refractivity contribution in [1.29, 1.82) is 0 Å². The number of nitrogens with zero attached hydrogens (tertiary/aromatic N) is 3. The van der Waals surface area contributed by atoms with E-state index in [2.05, 4.69) is 20.3 Å². The van der Waals surface area contributed by atoms with Crippen molar-refractivity contribution in [3.05, 3.63) is 16.8 Å². The van der Waals surface area contributed by atoms with Gasteiger partial charge in [0.2, 0.25) is 0 Å². The van der Waals surface area contributed by atoms with Crippen LogP contribution >= 0.6 is 0 Å². The first-order valence-electron chi connectivity index (χ1n) is 4.76. The Morgan fingerprint density at radius 1 is 1.47 bits per heavy atom. The van der Waals surface area contributed by atoms with Gasteiger partial charge in [-0.1, -0.05) is 0 Å². The van der Waals surface area contributed by atoms with E-state index in [1.165, 1.54) is 10.9 Å². The minimum absolute atomic E-state index is 0.183. The van der Waals surface area contributed by atoms with Gasteiger partial charge in [-0.2, -0.15) is 0 Å². The Hall–Kier alpha value is -1.85. The molecule has 0 unspecified atom stereocenters. The smallest absolute Gasteiger partial charge is 0.327 e. The van der Waals surface area contributed by atoms with Crippen molar-refractivity contribution in [1.82, 2.24) is 19.5 Å². The molecule has 2 N–H and O–H groups in total. The van der Waals surface area contributed by atoms with E-state index in [1.54, 1.807) is 7.05 Å². The Balaban J connectivity index is 2.66. The highest BCUT2D eigenvalue weighted by atomic mass is 16.1. The first-order valence-corrected chi connectivity index (χ1v) is 4.76. The molecule has 0 fully saturated rings. The van der Waals surface area contributed by atoms with Crippen molar-refractivity contribution < 1.29 is 0 Å². The Morgan fingerprint density at radius 3 is 2.87 bits per heavy atom. The normalized spacial score (nSPS) is 11.2. The molecule has 0 amide bonds. The Morgan fingerprint density at radius 2 is 2.20 bits per heavy atom. The van der Waals surface area contributed by atoms with E-state index in [1.807, 2.05) is 13.8 Å². The summed E-state index contributed by atoms with van der Waals surface area (Å²) in [6, 6.07) is 0.256. The van der Waals surface area contributed by atoms with Crippen LogP contribution in [-0.2, 0) is 7.05 Å². The molecule has 2 aromatic rings. The van der Waals surface area contributed by atoms with E-state index < -0.39 is 0 Å². The zero-order chi connectivity index (χ0) is 11.0. The highest BCUT2D eigenvalue weighted by Gasteiger charge is 2.10. The van der Waals surface area contributed by atoms with Crippen LogP contribution < -0.4 is 11.0 Å². The molecule has 15 heavy (non-hydrogen) atoms. The van der Waals surface area contributed by atoms with Gasteiger partial charge >= 0.3 is 5.69 Å². The van der Waals surface area contributed by atoms with Gasteiger partial charge in [0.1, 0.15) is 11.8 Å². The van der Waals surface area contributed by atoms with E-state index in [9.17, 15) is 4.79 Å². The van der Waals surface area contributed by atoms with Gasteiger partial charge in [-0.25, -0.2) is 14.8 Å². The molecule has 6 heteroatoms. The van der Waals surface area contributed by atoms with Crippen molar-refractivity contribution in [2.45, 2.75) is 19.9 Å². The molecule has 0 radical (unpaired) electrons. The van der Waals surface area contributed by atoms with Gasteiger partial charge in [0.25, 0.3) is 0 Å². The highest BCUT2D eigenvalue weighted by molar-refractivity contribution is 5.82. The summed E-state index contributed by atoms with van der Waals surface area (Å²) in [4.78, 5) is 22.3. The average molecular weight is 207 g/mol.